The van der Waals surface area contributed by atoms with Gasteiger partial charge in [-0.15, -0.1) is 11.3 Å². The first kappa shape index (κ1) is 15.2. The number of nitrogens with two attached hydrogens (primary N) is 1. The fourth-order valence-electron chi connectivity index (χ4n) is 2.01. The normalized spacial score (nSPS) is 12.9. The lowest BCUT2D eigenvalue weighted by Crippen LogP contribution is -2.29. The number of aryl methyl sites for hydroxylation is 2. The summed E-state index contributed by atoms with van der Waals surface area (Å²) in [5.41, 5.74) is 6.31. The summed E-state index contributed by atoms with van der Waals surface area (Å²) < 4.78 is 4.13. The maximum absolute atomic E-state index is 5.70. The Morgan fingerprint density at radius 2 is 2.26 bits per heavy atom. The van der Waals surface area contributed by atoms with Crippen LogP contribution in [0.3, 0.4) is 0 Å². The van der Waals surface area contributed by atoms with Crippen molar-refractivity contribution in [2.45, 2.75) is 25.8 Å². The Morgan fingerprint density at radius 3 is 2.74 bits per heavy atom. The number of hydrogen-bond acceptors (Lipinski definition) is 4. The van der Waals surface area contributed by atoms with Crippen molar-refractivity contribution in [3.63, 3.8) is 0 Å². The Hall–Kier alpha value is -0.210. The molecule has 104 valence electrons. The van der Waals surface area contributed by atoms with Crippen molar-refractivity contribution in [3.05, 3.63) is 36.7 Å². The molecule has 2 heterocycles. The lowest BCUT2D eigenvalue weighted by molar-refractivity contribution is 0.530. The molecule has 0 radical (unpaired) electrons. The van der Waals surface area contributed by atoms with Gasteiger partial charge in [-0.2, -0.15) is 5.10 Å². The van der Waals surface area contributed by atoms with E-state index in [1.54, 1.807) is 11.3 Å². The Kier molecular flexibility index (Phi) is 5.19. The summed E-state index contributed by atoms with van der Waals surface area (Å²) in [6, 6.07) is 2.18. The molecule has 0 spiro atoms. The highest BCUT2D eigenvalue weighted by atomic mass is 79.9. The summed E-state index contributed by atoms with van der Waals surface area (Å²) in [6.45, 7) is 2.10. The van der Waals surface area contributed by atoms with E-state index in [2.05, 4.69) is 60.8 Å². The number of hydrazine groups is 1. The molecule has 2 aromatic rings. The first-order valence-corrected chi connectivity index (χ1v) is 8.43. The second-order valence-electron chi connectivity index (χ2n) is 4.29. The second-order valence-corrected chi connectivity index (χ2v) is 7.38. The van der Waals surface area contributed by atoms with Crippen LogP contribution in [0.4, 0.5) is 0 Å². The van der Waals surface area contributed by atoms with Crippen LogP contribution in [0.5, 0.6) is 0 Å². The molecule has 4 nitrogen and oxygen atoms in total. The fraction of sp³-hybridized carbons (Fsp3) is 0.417. The highest BCUT2D eigenvalue weighted by Crippen LogP contribution is 2.30. The number of thiophene rings is 1. The van der Waals surface area contributed by atoms with Gasteiger partial charge in [-0.25, -0.2) is 0 Å². The largest absolute Gasteiger partial charge is 0.271 e. The summed E-state index contributed by atoms with van der Waals surface area (Å²) in [5, 5.41) is 6.62. The third kappa shape index (κ3) is 3.28. The van der Waals surface area contributed by atoms with Crippen molar-refractivity contribution < 1.29 is 0 Å². The van der Waals surface area contributed by atoms with Crippen molar-refractivity contribution >= 4 is 43.2 Å². The molecule has 1 atom stereocenters. The van der Waals surface area contributed by atoms with Gasteiger partial charge in [0, 0.05) is 13.5 Å². The molecule has 0 bridgehead atoms. The van der Waals surface area contributed by atoms with Crippen molar-refractivity contribution in [3.8, 4) is 0 Å². The van der Waals surface area contributed by atoms with Crippen LogP contribution >= 0.6 is 43.2 Å². The minimum atomic E-state index is 0.0824. The summed E-state index contributed by atoms with van der Waals surface area (Å²) in [7, 11) is 1.97. The van der Waals surface area contributed by atoms with Crippen molar-refractivity contribution in [2.75, 3.05) is 0 Å². The highest BCUT2D eigenvalue weighted by Gasteiger charge is 2.19. The van der Waals surface area contributed by atoms with E-state index in [1.807, 2.05) is 11.7 Å². The van der Waals surface area contributed by atoms with Gasteiger partial charge in [-0.05, 0) is 55.3 Å². The molecule has 0 saturated heterocycles. The Morgan fingerprint density at radius 1 is 1.53 bits per heavy atom. The molecule has 0 saturated carbocycles. The van der Waals surface area contributed by atoms with Crippen LogP contribution < -0.4 is 11.3 Å². The number of halogens is 2. The topological polar surface area (TPSA) is 55.9 Å². The monoisotopic (exact) mass is 406 g/mol. The molecular formula is C12H16Br2N4S. The van der Waals surface area contributed by atoms with E-state index in [0.717, 1.165) is 32.5 Å². The van der Waals surface area contributed by atoms with E-state index in [1.165, 1.54) is 5.56 Å². The molecule has 0 fully saturated rings. The summed E-state index contributed by atoms with van der Waals surface area (Å²) in [5.74, 6) is 5.70. The third-order valence-electron chi connectivity index (χ3n) is 3.09. The van der Waals surface area contributed by atoms with E-state index in [0.29, 0.717) is 0 Å². The fourth-order valence-corrected chi connectivity index (χ4v) is 4.02. The molecule has 7 heteroatoms. The Bertz CT molecular complexity index is 564. The summed E-state index contributed by atoms with van der Waals surface area (Å²) in [4.78, 5) is 0. The van der Waals surface area contributed by atoms with Crippen LogP contribution in [-0.2, 0) is 19.9 Å². The van der Waals surface area contributed by atoms with Crippen molar-refractivity contribution in [1.29, 1.82) is 0 Å². The van der Waals surface area contributed by atoms with E-state index in [9.17, 15) is 0 Å². The van der Waals surface area contributed by atoms with Gasteiger partial charge in [0.1, 0.15) is 0 Å². The predicted molar refractivity (Wildman–Crippen MR) is 86.1 cm³/mol. The maximum Gasteiger partial charge on any atom is 0.0766 e. The molecule has 19 heavy (non-hydrogen) atoms. The van der Waals surface area contributed by atoms with E-state index >= 15 is 0 Å². The SMILES string of the molecule is CCc1nn(C)c(CC(NN)c2csc(Br)c2)c1Br. The molecular weight excluding hydrogens is 392 g/mol. The van der Waals surface area contributed by atoms with Crippen LogP contribution in [-0.4, -0.2) is 9.78 Å². The molecule has 3 N–H and O–H groups in total. The molecule has 2 aromatic heterocycles. The molecule has 1 unspecified atom stereocenters. The number of nitrogens with zero attached hydrogens (tertiary/aromatic N) is 2. The van der Waals surface area contributed by atoms with Gasteiger partial charge in [0.2, 0.25) is 0 Å². The smallest absolute Gasteiger partial charge is 0.0766 e. The van der Waals surface area contributed by atoms with Gasteiger partial charge in [0.25, 0.3) is 0 Å². The summed E-state index contributed by atoms with van der Waals surface area (Å²) in [6.07, 6.45) is 1.71. The number of hydrogen-bond donors (Lipinski definition) is 2. The molecule has 0 aromatic carbocycles. The minimum Gasteiger partial charge on any atom is -0.271 e. The van der Waals surface area contributed by atoms with Gasteiger partial charge < -0.3 is 0 Å². The molecule has 0 aliphatic carbocycles. The van der Waals surface area contributed by atoms with Gasteiger partial charge >= 0.3 is 0 Å². The predicted octanol–water partition coefficient (Wildman–Crippen LogP) is 3.32. The number of aromatic nitrogens is 2. The molecule has 0 amide bonds. The maximum atomic E-state index is 5.70. The van der Waals surface area contributed by atoms with Crippen LogP contribution in [0.2, 0.25) is 0 Å². The van der Waals surface area contributed by atoms with Crippen LogP contribution in [0.25, 0.3) is 0 Å². The van der Waals surface area contributed by atoms with Crippen LogP contribution in [0, 0.1) is 0 Å². The average molecular weight is 408 g/mol. The quantitative estimate of drug-likeness (QED) is 0.590. The van der Waals surface area contributed by atoms with E-state index in [-0.39, 0.29) is 6.04 Å². The number of rotatable bonds is 5. The molecule has 0 aliphatic rings. The van der Waals surface area contributed by atoms with Gasteiger partial charge in [0.05, 0.1) is 25.7 Å². The first-order valence-electron chi connectivity index (χ1n) is 5.97. The second kappa shape index (κ2) is 6.49. The van der Waals surface area contributed by atoms with Crippen molar-refractivity contribution in [1.82, 2.24) is 15.2 Å². The molecule has 2 rings (SSSR count). The zero-order valence-electron chi connectivity index (χ0n) is 10.8. The number of nitrogens with one attached hydrogen (secondary N) is 1. The van der Waals surface area contributed by atoms with Gasteiger partial charge in [-0.1, -0.05) is 6.92 Å². The molecule has 0 aliphatic heterocycles. The zero-order valence-corrected chi connectivity index (χ0v) is 14.8. The van der Waals surface area contributed by atoms with Crippen LogP contribution in [0.1, 0.15) is 29.9 Å². The lowest BCUT2D eigenvalue weighted by Gasteiger charge is -2.15. The zero-order chi connectivity index (χ0) is 14.0. The van der Waals surface area contributed by atoms with Gasteiger partial charge in [0.15, 0.2) is 0 Å². The third-order valence-corrected chi connectivity index (χ3v) is 5.53. The standard InChI is InChI=1S/C12H16Br2N4S/c1-3-8-12(14)10(18(2)17-8)5-9(16-15)7-4-11(13)19-6-7/h4,6,9,16H,3,5,15H2,1-2H3. The lowest BCUT2D eigenvalue weighted by atomic mass is 10.1. The highest BCUT2D eigenvalue weighted by molar-refractivity contribution is 9.11. The first-order chi connectivity index (χ1) is 9.06. The Labute approximate surface area is 133 Å². The van der Waals surface area contributed by atoms with Crippen LogP contribution in [0.15, 0.2) is 19.7 Å². The van der Waals surface area contributed by atoms with E-state index < -0.39 is 0 Å². The Balaban J connectivity index is 2.26. The van der Waals surface area contributed by atoms with Crippen molar-refractivity contribution in [2.24, 2.45) is 12.9 Å². The minimum absolute atomic E-state index is 0.0824. The summed E-state index contributed by atoms with van der Waals surface area (Å²) >= 11 is 8.79. The van der Waals surface area contributed by atoms with E-state index in [4.69, 9.17) is 5.84 Å². The average Bonchev–Trinajstić information content (AvgIpc) is 2.92. The van der Waals surface area contributed by atoms with Gasteiger partial charge in [-0.3, -0.25) is 16.0 Å².